The van der Waals surface area contributed by atoms with Crippen LogP contribution in [0.3, 0.4) is 0 Å². The number of nitrogens with one attached hydrogen (secondary N) is 1. The van der Waals surface area contributed by atoms with Gasteiger partial charge in [0.25, 0.3) is 5.91 Å². The van der Waals surface area contributed by atoms with E-state index in [2.05, 4.69) is 5.32 Å². The van der Waals surface area contributed by atoms with E-state index in [1.165, 1.54) is 25.3 Å². The smallest absolute Gasteiger partial charge is 0.338 e. The fourth-order valence-electron chi connectivity index (χ4n) is 2.53. The second kappa shape index (κ2) is 9.03. The Morgan fingerprint density at radius 3 is 2.71 bits per heavy atom. The minimum absolute atomic E-state index is 0.155. The zero-order valence-electron chi connectivity index (χ0n) is 14.9. The summed E-state index contributed by atoms with van der Waals surface area (Å²) in [6, 6.07) is 7.67. The molecule has 1 amide bonds. The molecular formula is C19H17Cl2NO6. The average molecular weight is 426 g/mol. The molecule has 0 saturated carbocycles. The van der Waals surface area contributed by atoms with E-state index in [-0.39, 0.29) is 10.6 Å². The molecule has 0 radical (unpaired) electrons. The highest BCUT2D eigenvalue weighted by molar-refractivity contribution is 6.32. The van der Waals surface area contributed by atoms with Crippen LogP contribution in [0, 0.1) is 0 Å². The summed E-state index contributed by atoms with van der Waals surface area (Å²) in [4.78, 5) is 24.4. The van der Waals surface area contributed by atoms with E-state index < -0.39 is 18.5 Å². The summed E-state index contributed by atoms with van der Waals surface area (Å²) in [6.07, 6.45) is 0.706. The minimum atomic E-state index is -0.717. The molecule has 0 aromatic heterocycles. The van der Waals surface area contributed by atoms with Gasteiger partial charge in [-0.1, -0.05) is 23.2 Å². The lowest BCUT2D eigenvalue weighted by Gasteiger charge is -2.12. The van der Waals surface area contributed by atoms with Crippen molar-refractivity contribution in [1.29, 1.82) is 0 Å². The van der Waals surface area contributed by atoms with Gasteiger partial charge >= 0.3 is 5.97 Å². The Hall–Kier alpha value is -2.64. The van der Waals surface area contributed by atoms with Crippen molar-refractivity contribution >= 4 is 40.8 Å². The number of hydrogen-bond donors (Lipinski definition) is 1. The highest BCUT2D eigenvalue weighted by atomic mass is 35.5. The molecule has 0 saturated heterocycles. The van der Waals surface area contributed by atoms with Gasteiger partial charge in [-0.15, -0.1) is 0 Å². The zero-order valence-corrected chi connectivity index (χ0v) is 16.4. The normalized spacial score (nSPS) is 12.7. The van der Waals surface area contributed by atoms with Crippen molar-refractivity contribution in [2.75, 3.05) is 32.2 Å². The van der Waals surface area contributed by atoms with Crippen LogP contribution < -0.4 is 19.5 Å². The van der Waals surface area contributed by atoms with E-state index in [0.717, 1.165) is 0 Å². The second-order valence-corrected chi connectivity index (χ2v) is 6.65. The third-order valence-electron chi connectivity index (χ3n) is 3.81. The Morgan fingerprint density at radius 2 is 1.93 bits per heavy atom. The molecule has 1 aliphatic heterocycles. The molecule has 0 fully saturated rings. The summed E-state index contributed by atoms with van der Waals surface area (Å²) in [5.74, 6) is -0.0783. The Bertz CT molecular complexity index is 902. The fraction of sp³-hybridized carbons (Fsp3) is 0.263. The SMILES string of the molecule is COc1ccc(Cl)cc1NC(=O)COC(=O)c1cc(Cl)c2c(c1)OCCCO2. The van der Waals surface area contributed by atoms with Crippen molar-refractivity contribution in [3.63, 3.8) is 0 Å². The number of fused-ring (bicyclic) bond motifs is 1. The summed E-state index contributed by atoms with van der Waals surface area (Å²) in [5.41, 5.74) is 0.525. The number of carbonyl (C=O) groups excluding carboxylic acids is 2. The zero-order chi connectivity index (χ0) is 20.1. The van der Waals surface area contributed by atoms with Gasteiger partial charge in [-0.2, -0.15) is 0 Å². The van der Waals surface area contributed by atoms with Crippen molar-refractivity contribution in [2.45, 2.75) is 6.42 Å². The molecule has 0 atom stereocenters. The number of benzene rings is 2. The maximum Gasteiger partial charge on any atom is 0.338 e. The van der Waals surface area contributed by atoms with Crippen molar-refractivity contribution in [2.24, 2.45) is 0 Å². The first-order chi connectivity index (χ1) is 13.5. The van der Waals surface area contributed by atoms with Gasteiger partial charge in [-0.05, 0) is 30.3 Å². The molecule has 9 heteroatoms. The van der Waals surface area contributed by atoms with E-state index in [4.69, 9.17) is 42.1 Å². The van der Waals surface area contributed by atoms with E-state index in [0.29, 0.717) is 47.6 Å². The maximum atomic E-state index is 12.3. The number of esters is 1. The molecule has 148 valence electrons. The van der Waals surface area contributed by atoms with Gasteiger partial charge in [0.05, 0.1) is 36.6 Å². The number of rotatable bonds is 5. The van der Waals surface area contributed by atoms with Crippen LogP contribution in [0.1, 0.15) is 16.8 Å². The lowest BCUT2D eigenvalue weighted by atomic mass is 10.2. The van der Waals surface area contributed by atoms with Crippen LogP contribution in [-0.4, -0.2) is 38.8 Å². The summed E-state index contributed by atoms with van der Waals surface area (Å²) < 4.78 is 21.3. The fourth-order valence-corrected chi connectivity index (χ4v) is 2.96. The Morgan fingerprint density at radius 1 is 1.14 bits per heavy atom. The number of amides is 1. The molecule has 2 aromatic carbocycles. The molecular weight excluding hydrogens is 409 g/mol. The topological polar surface area (TPSA) is 83.1 Å². The van der Waals surface area contributed by atoms with Gasteiger partial charge in [0.15, 0.2) is 18.1 Å². The summed E-state index contributed by atoms with van der Waals surface area (Å²) in [6.45, 7) is 0.427. The quantitative estimate of drug-likeness (QED) is 0.729. The predicted octanol–water partition coefficient (Wildman–Crippen LogP) is 3.96. The van der Waals surface area contributed by atoms with E-state index in [1.54, 1.807) is 12.1 Å². The van der Waals surface area contributed by atoms with Crippen molar-refractivity contribution in [1.82, 2.24) is 0 Å². The summed E-state index contributed by atoms with van der Waals surface area (Å²) in [5, 5.41) is 3.24. The van der Waals surface area contributed by atoms with Crippen LogP contribution in [0.5, 0.6) is 17.2 Å². The van der Waals surface area contributed by atoms with Crippen molar-refractivity contribution in [3.8, 4) is 17.2 Å². The standard InChI is InChI=1S/C19H17Cl2NO6/c1-25-15-4-3-12(20)9-14(15)22-17(23)10-28-19(24)11-7-13(21)18-16(8-11)26-5-2-6-27-18/h3-4,7-9H,2,5-6,10H2,1H3,(H,22,23). The molecule has 0 bridgehead atoms. The minimum Gasteiger partial charge on any atom is -0.495 e. The van der Waals surface area contributed by atoms with E-state index >= 15 is 0 Å². The molecule has 2 aromatic rings. The highest BCUT2D eigenvalue weighted by Crippen LogP contribution is 2.38. The van der Waals surface area contributed by atoms with Gasteiger partial charge in [0.1, 0.15) is 5.75 Å². The first-order valence-corrected chi connectivity index (χ1v) is 9.13. The van der Waals surface area contributed by atoms with Crippen LogP contribution in [0.2, 0.25) is 10.0 Å². The summed E-state index contributed by atoms with van der Waals surface area (Å²) in [7, 11) is 1.47. The maximum absolute atomic E-state index is 12.3. The number of hydrogen-bond acceptors (Lipinski definition) is 6. The number of carbonyl (C=O) groups is 2. The Balaban J connectivity index is 1.64. The summed E-state index contributed by atoms with van der Waals surface area (Å²) >= 11 is 12.1. The van der Waals surface area contributed by atoms with E-state index in [1.807, 2.05) is 0 Å². The monoisotopic (exact) mass is 425 g/mol. The first-order valence-electron chi connectivity index (χ1n) is 8.37. The molecule has 3 rings (SSSR count). The molecule has 0 spiro atoms. The lowest BCUT2D eigenvalue weighted by Crippen LogP contribution is -2.21. The van der Waals surface area contributed by atoms with Gasteiger partial charge in [-0.25, -0.2) is 4.79 Å². The first kappa shape index (κ1) is 20.1. The molecule has 7 nitrogen and oxygen atoms in total. The van der Waals surface area contributed by atoms with Gasteiger partial charge < -0.3 is 24.3 Å². The molecule has 1 aliphatic rings. The van der Waals surface area contributed by atoms with Gasteiger partial charge in [0.2, 0.25) is 0 Å². The Kier molecular flexibility index (Phi) is 6.49. The van der Waals surface area contributed by atoms with Crippen LogP contribution in [0.25, 0.3) is 0 Å². The molecule has 0 unspecified atom stereocenters. The van der Waals surface area contributed by atoms with Crippen LogP contribution >= 0.6 is 23.2 Å². The second-order valence-electron chi connectivity index (χ2n) is 5.80. The largest absolute Gasteiger partial charge is 0.495 e. The van der Waals surface area contributed by atoms with Crippen LogP contribution in [-0.2, 0) is 9.53 Å². The Labute approximate surface area is 171 Å². The van der Waals surface area contributed by atoms with Crippen molar-refractivity contribution < 1.29 is 28.5 Å². The van der Waals surface area contributed by atoms with E-state index in [9.17, 15) is 9.59 Å². The predicted molar refractivity (Wildman–Crippen MR) is 104 cm³/mol. The van der Waals surface area contributed by atoms with Crippen molar-refractivity contribution in [3.05, 3.63) is 45.9 Å². The van der Waals surface area contributed by atoms with Gasteiger partial charge in [0, 0.05) is 11.4 Å². The molecule has 0 aliphatic carbocycles. The van der Waals surface area contributed by atoms with Crippen LogP contribution in [0.4, 0.5) is 5.69 Å². The lowest BCUT2D eigenvalue weighted by molar-refractivity contribution is -0.119. The average Bonchev–Trinajstić information content (AvgIpc) is 2.92. The number of ether oxygens (including phenoxy) is 4. The highest BCUT2D eigenvalue weighted by Gasteiger charge is 2.20. The molecule has 1 heterocycles. The van der Waals surface area contributed by atoms with Gasteiger partial charge in [-0.3, -0.25) is 4.79 Å². The third-order valence-corrected chi connectivity index (χ3v) is 4.32. The molecule has 1 N–H and O–H groups in total. The number of anilines is 1. The number of methoxy groups -OCH3 is 1. The molecule has 28 heavy (non-hydrogen) atoms. The number of halogens is 2. The third kappa shape index (κ3) is 4.79. The van der Waals surface area contributed by atoms with Crippen LogP contribution in [0.15, 0.2) is 30.3 Å².